The van der Waals surface area contributed by atoms with Crippen LogP contribution >= 0.6 is 0 Å². The molecule has 1 aliphatic carbocycles. The molecule has 0 aliphatic heterocycles. The molecule has 3 rings (SSSR count). The summed E-state index contributed by atoms with van der Waals surface area (Å²) in [6.07, 6.45) is 0.790. The number of rotatable bonds is 12. The van der Waals surface area contributed by atoms with Crippen LogP contribution < -0.4 is 10.6 Å². The maximum Gasteiger partial charge on any atom is 0.407 e. The number of carboxylic acids is 1. The van der Waals surface area contributed by atoms with Crippen molar-refractivity contribution in [2.75, 3.05) is 20.3 Å². The van der Waals surface area contributed by atoms with E-state index in [9.17, 15) is 19.5 Å². The number of benzene rings is 2. The lowest BCUT2D eigenvalue weighted by atomic mass is 9.96. The molecule has 0 spiro atoms. The molecule has 2 atom stereocenters. The van der Waals surface area contributed by atoms with Gasteiger partial charge in [-0.25, -0.2) is 9.59 Å². The van der Waals surface area contributed by atoms with E-state index in [0.717, 1.165) is 28.7 Å². The third-order valence-corrected chi connectivity index (χ3v) is 6.52. The molecule has 0 saturated carbocycles. The van der Waals surface area contributed by atoms with Crippen LogP contribution in [0.15, 0.2) is 48.5 Å². The summed E-state index contributed by atoms with van der Waals surface area (Å²) in [5.41, 5.74) is 3.02. The molecule has 0 radical (unpaired) electrons. The van der Waals surface area contributed by atoms with E-state index < -0.39 is 29.6 Å². The fourth-order valence-corrected chi connectivity index (χ4v) is 4.66. The summed E-state index contributed by atoms with van der Waals surface area (Å²) >= 11 is 0. The lowest BCUT2D eigenvalue weighted by Gasteiger charge is -2.29. The molecule has 2 aromatic carbocycles. The monoisotopic (exact) mass is 482 g/mol. The van der Waals surface area contributed by atoms with Crippen molar-refractivity contribution in [3.05, 3.63) is 59.7 Å². The quantitative estimate of drug-likeness (QED) is 0.420. The van der Waals surface area contributed by atoms with Crippen molar-refractivity contribution in [2.24, 2.45) is 0 Å². The van der Waals surface area contributed by atoms with Gasteiger partial charge in [-0.05, 0) is 35.1 Å². The second-order valence-corrected chi connectivity index (χ2v) is 8.88. The molecule has 0 saturated heterocycles. The van der Waals surface area contributed by atoms with Gasteiger partial charge in [0.25, 0.3) is 0 Å². The van der Waals surface area contributed by atoms with Gasteiger partial charge in [-0.15, -0.1) is 0 Å². The maximum absolute atomic E-state index is 12.7. The zero-order chi connectivity index (χ0) is 25.4. The Labute approximate surface area is 206 Å². The number of hydrogen-bond donors (Lipinski definition) is 3. The Morgan fingerprint density at radius 3 is 2.14 bits per heavy atom. The summed E-state index contributed by atoms with van der Waals surface area (Å²) in [6, 6.07) is 15.7. The average Bonchev–Trinajstić information content (AvgIpc) is 3.16. The van der Waals surface area contributed by atoms with E-state index >= 15 is 0 Å². The summed E-state index contributed by atoms with van der Waals surface area (Å²) in [4.78, 5) is 37.1. The van der Waals surface area contributed by atoms with E-state index in [1.54, 1.807) is 6.92 Å². The van der Waals surface area contributed by atoms with Crippen molar-refractivity contribution in [3.63, 3.8) is 0 Å². The average molecular weight is 483 g/mol. The number of fused-ring (bicyclic) bond motifs is 3. The largest absolute Gasteiger partial charge is 0.479 e. The molecule has 35 heavy (non-hydrogen) atoms. The van der Waals surface area contributed by atoms with Gasteiger partial charge in [0.2, 0.25) is 5.91 Å². The molecule has 1 unspecified atom stereocenters. The minimum Gasteiger partial charge on any atom is -0.479 e. The molecule has 188 valence electrons. The summed E-state index contributed by atoms with van der Waals surface area (Å²) < 4.78 is 10.6. The van der Waals surface area contributed by atoms with E-state index in [-0.39, 0.29) is 32.0 Å². The molecule has 3 N–H and O–H groups in total. The Kier molecular flexibility index (Phi) is 8.87. The number of amides is 2. The summed E-state index contributed by atoms with van der Waals surface area (Å²) in [6.45, 7) is 3.65. The van der Waals surface area contributed by atoms with Crippen molar-refractivity contribution in [1.29, 1.82) is 0 Å². The van der Waals surface area contributed by atoms with Crippen LogP contribution in [-0.4, -0.2) is 55.0 Å². The lowest BCUT2D eigenvalue weighted by Crippen LogP contribution is -2.58. The van der Waals surface area contributed by atoms with Crippen LogP contribution in [-0.2, 0) is 19.1 Å². The first-order valence-corrected chi connectivity index (χ1v) is 12.0. The van der Waals surface area contributed by atoms with Gasteiger partial charge in [-0.3, -0.25) is 4.79 Å². The highest BCUT2D eigenvalue weighted by atomic mass is 16.5. The predicted molar refractivity (Wildman–Crippen MR) is 132 cm³/mol. The maximum atomic E-state index is 12.7. The molecule has 0 aromatic heterocycles. The number of ether oxygens (including phenoxy) is 2. The zero-order valence-electron chi connectivity index (χ0n) is 20.5. The number of hydrogen-bond acceptors (Lipinski definition) is 5. The van der Waals surface area contributed by atoms with Crippen molar-refractivity contribution in [1.82, 2.24) is 10.6 Å². The first-order valence-electron chi connectivity index (χ1n) is 12.0. The van der Waals surface area contributed by atoms with Gasteiger partial charge in [0.15, 0.2) is 5.54 Å². The molecule has 8 nitrogen and oxygen atoms in total. The second-order valence-electron chi connectivity index (χ2n) is 8.88. The highest BCUT2D eigenvalue weighted by molar-refractivity contribution is 5.87. The second kappa shape index (κ2) is 11.8. The summed E-state index contributed by atoms with van der Waals surface area (Å²) in [7, 11) is 1.39. The Morgan fingerprint density at radius 2 is 1.63 bits per heavy atom. The normalized spacial score (nSPS) is 14.8. The molecule has 1 aliphatic rings. The summed E-state index contributed by atoms with van der Waals surface area (Å²) in [5.74, 6) is -1.69. The number of aliphatic carboxylic acids is 1. The van der Waals surface area contributed by atoms with Crippen LogP contribution in [0.2, 0.25) is 0 Å². The Bertz CT molecular complexity index is 1010. The minimum atomic E-state index is -1.51. The topological polar surface area (TPSA) is 114 Å². The number of carbonyl (C=O) groups excluding carboxylic acids is 2. The van der Waals surface area contributed by atoms with Crippen LogP contribution in [0.4, 0.5) is 4.79 Å². The number of alkyl carbamates (subject to hydrolysis) is 1. The standard InChI is InChI=1S/C27H34N2O6/c1-4-10-18(15-24(30)29-27(5-2,17-34-3)25(31)32)28-26(33)35-16-23-21-13-8-6-11-19(21)20-12-7-9-14-22(20)23/h6-9,11-14,18,23H,4-5,10,15-17H2,1-3H3,(H,28,33)(H,29,30)(H,31,32)/t18-,27?/m1/s1. The highest BCUT2D eigenvalue weighted by Gasteiger charge is 2.39. The first-order chi connectivity index (χ1) is 16.8. The molecular formula is C27H34N2O6. The van der Waals surface area contributed by atoms with Crippen LogP contribution in [0.5, 0.6) is 0 Å². The van der Waals surface area contributed by atoms with Crippen LogP contribution in [0, 0.1) is 0 Å². The Hall–Kier alpha value is -3.39. The minimum absolute atomic E-state index is 0.0588. The zero-order valence-corrected chi connectivity index (χ0v) is 20.5. The van der Waals surface area contributed by atoms with E-state index in [4.69, 9.17) is 9.47 Å². The van der Waals surface area contributed by atoms with Gasteiger partial charge in [-0.2, -0.15) is 0 Å². The van der Waals surface area contributed by atoms with Crippen molar-refractivity contribution >= 4 is 18.0 Å². The molecule has 2 amide bonds. The molecule has 8 heteroatoms. The predicted octanol–water partition coefficient (Wildman–Crippen LogP) is 4.08. The highest BCUT2D eigenvalue weighted by Crippen LogP contribution is 2.44. The number of nitrogens with one attached hydrogen (secondary N) is 2. The molecule has 0 bridgehead atoms. The van der Waals surface area contributed by atoms with Gasteiger partial charge >= 0.3 is 12.1 Å². The van der Waals surface area contributed by atoms with Gasteiger partial charge in [0, 0.05) is 25.5 Å². The fourth-order valence-electron chi connectivity index (χ4n) is 4.66. The van der Waals surface area contributed by atoms with Crippen LogP contribution in [0.25, 0.3) is 11.1 Å². The molecule has 0 fully saturated rings. The van der Waals surface area contributed by atoms with Crippen molar-refractivity contribution < 1.29 is 29.0 Å². The lowest BCUT2D eigenvalue weighted by molar-refractivity contribution is -0.150. The van der Waals surface area contributed by atoms with E-state index in [2.05, 4.69) is 22.8 Å². The van der Waals surface area contributed by atoms with Crippen molar-refractivity contribution in [3.8, 4) is 11.1 Å². The van der Waals surface area contributed by atoms with Crippen LogP contribution in [0.1, 0.15) is 56.6 Å². The number of carbonyl (C=O) groups is 3. The van der Waals surface area contributed by atoms with Gasteiger partial charge in [-0.1, -0.05) is 68.8 Å². The molecule has 0 heterocycles. The SMILES string of the molecule is CCC[C@H](CC(=O)NC(CC)(COC)C(=O)O)NC(=O)OCC1c2ccccc2-c2ccccc21. The van der Waals surface area contributed by atoms with E-state index in [1.807, 2.05) is 43.3 Å². The van der Waals surface area contributed by atoms with E-state index in [0.29, 0.717) is 6.42 Å². The fraction of sp³-hybridized carbons (Fsp3) is 0.444. The van der Waals surface area contributed by atoms with Gasteiger partial charge in [0.05, 0.1) is 6.61 Å². The smallest absolute Gasteiger partial charge is 0.407 e. The molecular weight excluding hydrogens is 448 g/mol. The van der Waals surface area contributed by atoms with E-state index in [1.165, 1.54) is 7.11 Å². The first kappa shape index (κ1) is 26.2. The summed E-state index contributed by atoms with van der Waals surface area (Å²) in [5, 5.41) is 15.0. The number of methoxy groups -OCH3 is 1. The third-order valence-electron chi connectivity index (χ3n) is 6.52. The third kappa shape index (κ3) is 6.00. The number of carboxylic acid groups (broad SMARTS) is 1. The Morgan fingerprint density at radius 1 is 1.03 bits per heavy atom. The van der Waals surface area contributed by atoms with Crippen molar-refractivity contribution in [2.45, 2.75) is 57.0 Å². The van der Waals surface area contributed by atoms with Crippen LogP contribution in [0.3, 0.4) is 0 Å². The van der Waals surface area contributed by atoms with Gasteiger partial charge < -0.3 is 25.2 Å². The molecule has 2 aromatic rings. The van der Waals surface area contributed by atoms with Gasteiger partial charge in [0.1, 0.15) is 6.61 Å². The Balaban J connectivity index is 1.61.